The van der Waals surface area contributed by atoms with Crippen LogP contribution in [0.4, 0.5) is 17.5 Å². The fourth-order valence-electron chi connectivity index (χ4n) is 2.65. The zero-order valence-electron chi connectivity index (χ0n) is 16.1. The number of H-pyrrole nitrogens is 1. The van der Waals surface area contributed by atoms with Crippen LogP contribution in [-0.2, 0) is 9.84 Å². The van der Waals surface area contributed by atoms with Gasteiger partial charge in [-0.1, -0.05) is 6.92 Å². The second kappa shape index (κ2) is 7.47. The minimum absolute atomic E-state index is 0.000648. The molecule has 3 aromatic rings. The highest BCUT2D eigenvalue weighted by Gasteiger charge is 2.17. The van der Waals surface area contributed by atoms with Gasteiger partial charge >= 0.3 is 0 Å². The number of aromatic nitrogens is 4. The van der Waals surface area contributed by atoms with Crippen molar-refractivity contribution in [2.45, 2.75) is 25.7 Å². The molecule has 2 heterocycles. The predicted octanol–water partition coefficient (Wildman–Crippen LogP) is 2.61. The maximum absolute atomic E-state index is 12.2. The summed E-state index contributed by atoms with van der Waals surface area (Å²) in [5, 5.41) is 10.1. The van der Waals surface area contributed by atoms with Crippen molar-refractivity contribution in [1.29, 1.82) is 0 Å². The zero-order chi connectivity index (χ0) is 20.5. The second-order valence-electron chi connectivity index (χ2n) is 6.21. The third kappa shape index (κ3) is 3.63. The van der Waals surface area contributed by atoms with Crippen LogP contribution >= 0.6 is 0 Å². The fourth-order valence-corrected chi connectivity index (χ4v) is 3.56. The third-order valence-corrected chi connectivity index (χ3v) is 6.22. The van der Waals surface area contributed by atoms with E-state index in [0.29, 0.717) is 22.7 Å². The standard InChI is InChI=1S/C18H22N6O3S/c1-5-28(25,26)12-6-7-15(27-4)14(8-12)21-18-20-9-13(17(19)22-18)16-10(2)11(3)23-24-16/h6-9H,5H2,1-4H3,(H,23,24)(H3,19,20,21,22). The maximum atomic E-state index is 12.2. The molecule has 0 aliphatic rings. The van der Waals surface area contributed by atoms with Gasteiger partial charge in [-0.25, -0.2) is 13.4 Å². The average molecular weight is 402 g/mol. The molecule has 4 N–H and O–H groups in total. The molecule has 0 saturated heterocycles. The molecule has 10 heteroatoms. The highest BCUT2D eigenvalue weighted by molar-refractivity contribution is 7.91. The minimum Gasteiger partial charge on any atom is -0.495 e. The van der Waals surface area contributed by atoms with Crippen LogP contribution in [0.5, 0.6) is 5.75 Å². The van der Waals surface area contributed by atoms with Crippen LogP contribution in [0.1, 0.15) is 18.2 Å². The first-order valence-electron chi connectivity index (χ1n) is 8.59. The summed E-state index contributed by atoms with van der Waals surface area (Å²) in [4.78, 5) is 8.75. The fraction of sp³-hybridized carbons (Fsp3) is 0.278. The molecular weight excluding hydrogens is 380 g/mol. The van der Waals surface area contributed by atoms with E-state index in [1.165, 1.54) is 19.2 Å². The largest absolute Gasteiger partial charge is 0.495 e. The number of sulfone groups is 1. The van der Waals surface area contributed by atoms with Crippen molar-refractivity contribution in [3.63, 3.8) is 0 Å². The van der Waals surface area contributed by atoms with Crippen LogP contribution < -0.4 is 15.8 Å². The van der Waals surface area contributed by atoms with Crippen LogP contribution in [-0.4, -0.2) is 41.4 Å². The second-order valence-corrected chi connectivity index (χ2v) is 8.48. The van der Waals surface area contributed by atoms with Gasteiger partial charge in [-0.2, -0.15) is 10.1 Å². The molecule has 0 radical (unpaired) electrons. The molecule has 148 valence electrons. The number of nitrogens with two attached hydrogens (primary N) is 1. The summed E-state index contributed by atoms with van der Waals surface area (Å²) in [6, 6.07) is 4.58. The number of ether oxygens (including phenoxy) is 1. The minimum atomic E-state index is -3.36. The molecule has 0 amide bonds. The number of nitrogens with one attached hydrogen (secondary N) is 2. The molecule has 9 nitrogen and oxygen atoms in total. The molecule has 3 rings (SSSR count). The predicted molar refractivity (Wildman–Crippen MR) is 108 cm³/mol. The average Bonchev–Trinajstić information content (AvgIpc) is 3.00. The normalized spacial score (nSPS) is 11.4. The van der Waals surface area contributed by atoms with Gasteiger partial charge in [-0.3, -0.25) is 5.10 Å². The number of benzene rings is 1. The molecule has 0 atom stereocenters. The molecule has 0 bridgehead atoms. The number of aromatic amines is 1. The number of methoxy groups -OCH3 is 1. The summed E-state index contributed by atoms with van der Waals surface area (Å²) in [6.45, 7) is 5.45. The van der Waals surface area contributed by atoms with Crippen molar-refractivity contribution in [1.82, 2.24) is 20.2 Å². The summed E-state index contributed by atoms with van der Waals surface area (Å²) in [5.74, 6) is 0.929. The Labute approximate surface area is 163 Å². The lowest BCUT2D eigenvalue weighted by Gasteiger charge is -2.13. The number of nitrogens with zero attached hydrogens (tertiary/aromatic N) is 3. The molecule has 0 aliphatic carbocycles. The number of rotatable bonds is 6. The van der Waals surface area contributed by atoms with E-state index < -0.39 is 9.84 Å². The zero-order valence-corrected chi connectivity index (χ0v) is 16.9. The van der Waals surface area contributed by atoms with Crippen molar-refractivity contribution < 1.29 is 13.2 Å². The molecular formula is C18H22N6O3S. The van der Waals surface area contributed by atoms with Crippen molar-refractivity contribution in [3.05, 3.63) is 35.7 Å². The summed E-state index contributed by atoms with van der Waals surface area (Å²) < 4.78 is 29.6. The van der Waals surface area contributed by atoms with E-state index in [-0.39, 0.29) is 22.4 Å². The molecule has 28 heavy (non-hydrogen) atoms. The van der Waals surface area contributed by atoms with Crippen molar-refractivity contribution in [2.24, 2.45) is 0 Å². The van der Waals surface area contributed by atoms with Crippen LogP contribution in [0.3, 0.4) is 0 Å². The molecule has 1 aromatic carbocycles. The van der Waals surface area contributed by atoms with E-state index in [2.05, 4.69) is 25.5 Å². The Morgan fingerprint density at radius 2 is 2.04 bits per heavy atom. The summed E-state index contributed by atoms with van der Waals surface area (Å²) in [5.41, 5.74) is 9.74. The highest BCUT2D eigenvalue weighted by Crippen LogP contribution is 2.31. The maximum Gasteiger partial charge on any atom is 0.229 e. The van der Waals surface area contributed by atoms with E-state index in [0.717, 1.165) is 11.3 Å². The first-order valence-corrected chi connectivity index (χ1v) is 10.2. The summed E-state index contributed by atoms with van der Waals surface area (Å²) >= 11 is 0. The Kier molecular flexibility index (Phi) is 5.23. The van der Waals surface area contributed by atoms with E-state index >= 15 is 0 Å². The van der Waals surface area contributed by atoms with Crippen molar-refractivity contribution in [2.75, 3.05) is 23.9 Å². The van der Waals surface area contributed by atoms with Gasteiger partial charge in [-0.05, 0) is 37.6 Å². The van der Waals surface area contributed by atoms with Crippen LogP contribution in [0.15, 0.2) is 29.3 Å². The Bertz CT molecular complexity index is 1120. The van der Waals surface area contributed by atoms with E-state index in [9.17, 15) is 8.42 Å². The van der Waals surface area contributed by atoms with E-state index in [1.807, 2.05) is 13.8 Å². The Balaban J connectivity index is 1.97. The lowest BCUT2D eigenvalue weighted by atomic mass is 10.1. The number of nitrogen functional groups attached to an aromatic ring is 1. The number of hydrogen-bond donors (Lipinski definition) is 3. The molecule has 0 fully saturated rings. The van der Waals surface area contributed by atoms with Gasteiger partial charge in [0.2, 0.25) is 5.95 Å². The SMILES string of the molecule is CCS(=O)(=O)c1ccc(OC)c(Nc2ncc(-c3n[nH]c(C)c3C)c(N)n2)c1. The topological polar surface area (TPSA) is 136 Å². The van der Waals surface area contributed by atoms with Gasteiger partial charge in [0.1, 0.15) is 17.3 Å². The molecule has 0 unspecified atom stereocenters. The molecule has 0 saturated carbocycles. The first kappa shape index (κ1) is 19.6. The van der Waals surface area contributed by atoms with Crippen LogP contribution in [0.25, 0.3) is 11.3 Å². The smallest absolute Gasteiger partial charge is 0.229 e. The van der Waals surface area contributed by atoms with E-state index in [1.54, 1.807) is 19.2 Å². The summed E-state index contributed by atoms with van der Waals surface area (Å²) in [6.07, 6.45) is 1.58. The Hall–Kier alpha value is -3.14. The number of hydrogen-bond acceptors (Lipinski definition) is 8. The van der Waals surface area contributed by atoms with Gasteiger partial charge in [0, 0.05) is 11.9 Å². The van der Waals surface area contributed by atoms with Crippen LogP contribution in [0, 0.1) is 13.8 Å². The van der Waals surface area contributed by atoms with Crippen LogP contribution in [0.2, 0.25) is 0 Å². The van der Waals surface area contributed by atoms with Gasteiger partial charge in [0.15, 0.2) is 9.84 Å². The van der Waals surface area contributed by atoms with Crippen molar-refractivity contribution in [3.8, 4) is 17.0 Å². The third-order valence-electron chi connectivity index (χ3n) is 4.48. The molecule has 0 spiro atoms. The first-order chi connectivity index (χ1) is 13.3. The Morgan fingerprint density at radius 1 is 1.29 bits per heavy atom. The number of anilines is 3. The lowest BCUT2D eigenvalue weighted by Crippen LogP contribution is -2.07. The van der Waals surface area contributed by atoms with Gasteiger partial charge in [-0.15, -0.1) is 0 Å². The Morgan fingerprint density at radius 3 is 2.61 bits per heavy atom. The van der Waals surface area contributed by atoms with Gasteiger partial charge < -0.3 is 15.8 Å². The molecule has 0 aliphatic heterocycles. The quantitative estimate of drug-likeness (QED) is 0.572. The van der Waals surface area contributed by atoms with Crippen molar-refractivity contribution >= 4 is 27.3 Å². The lowest BCUT2D eigenvalue weighted by molar-refractivity contribution is 0.416. The monoisotopic (exact) mass is 402 g/mol. The van der Waals surface area contributed by atoms with Gasteiger partial charge in [0.05, 0.1) is 29.0 Å². The van der Waals surface area contributed by atoms with E-state index in [4.69, 9.17) is 10.5 Å². The highest BCUT2D eigenvalue weighted by atomic mass is 32.2. The number of aryl methyl sites for hydroxylation is 1. The van der Waals surface area contributed by atoms with Gasteiger partial charge in [0.25, 0.3) is 0 Å². The summed E-state index contributed by atoms with van der Waals surface area (Å²) in [7, 11) is -1.87. The molecule has 2 aromatic heterocycles.